The zero-order valence-corrected chi connectivity index (χ0v) is 16.0. The Morgan fingerprint density at radius 3 is 2.78 bits per heavy atom. The molecule has 0 spiro atoms. The van der Waals surface area contributed by atoms with Gasteiger partial charge in [-0.1, -0.05) is 24.0 Å². The van der Waals surface area contributed by atoms with E-state index in [1.807, 2.05) is 12.2 Å². The molecule has 5 nitrogen and oxygen atoms in total. The van der Waals surface area contributed by atoms with Crippen molar-refractivity contribution in [3.8, 4) is 10.8 Å². The molecular weight excluding hydrogens is 360 g/mol. The Kier molecular flexibility index (Phi) is 6.21. The number of ether oxygens (including phenoxy) is 2. The van der Waals surface area contributed by atoms with Crippen LogP contribution in [0.4, 0.5) is 0 Å². The van der Waals surface area contributed by atoms with E-state index in [-0.39, 0.29) is 5.91 Å². The van der Waals surface area contributed by atoms with E-state index in [0.717, 1.165) is 33.9 Å². The minimum Gasteiger partial charge on any atom is -0.446 e. The number of fused-ring (bicyclic) bond motifs is 1. The molecule has 0 saturated carbocycles. The standard InChI is InChI=1S/C21H22N2O3S/c1-3-19-17-9-4-14(13-22)12-18(17)21(27-19)26-16-7-5-15(6-8-16)20(24)23-10-11-25-2/h3,5-8,12-13,22H,1,4,9-11H2,2H3,(H,23,24). The lowest BCUT2D eigenvalue weighted by Crippen LogP contribution is -2.26. The van der Waals surface area contributed by atoms with Crippen molar-refractivity contribution in [2.45, 2.75) is 12.8 Å². The quantitative estimate of drug-likeness (QED) is 0.520. The van der Waals surface area contributed by atoms with Gasteiger partial charge in [0.25, 0.3) is 5.91 Å². The number of carbonyl (C=O) groups excluding carboxylic acids is 1. The third kappa shape index (κ3) is 4.35. The first kappa shape index (κ1) is 19.1. The summed E-state index contributed by atoms with van der Waals surface area (Å²) in [6, 6.07) is 7.06. The Balaban J connectivity index is 1.77. The van der Waals surface area contributed by atoms with Gasteiger partial charge in [-0.2, -0.15) is 0 Å². The topological polar surface area (TPSA) is 71.4 Å². The summed E-state index contributed by atoms with van der Waals surface area (Å²) in [6.07, 6.45) is 7.02. The Hall–Kier alpha value is -2.70. The highest BCUT2D eigenvalue weighted by Gasteiger charge is 2.20. The predicted molar refractivity (Wildman–Crippen MR) is 110 cm³/mol. The lowest BCUT2D eigenvalue weighted by Gasteiger charge is -2.12. The van der Waals surface area contributed by atoms with E-state index < -0.39 is 0 Å². The minimum atomic E-state index is -0.139. The van der Waals surface area contributed by atoms with Crippen LogP contribution in [0.1, 0.15) is 32.8 Å². The number of methoxy groups -OCH3 is 1. The van der Waals surface area contributed by atoms with Gasteiger partial charge in [-0.05, 0) is 54.3 Å². The van der Waals surface area contributed by atoms with Crippen molar-refractivity contribution in [2.24, 2.45) is 0 Å². The summed E-state index contributed by atoms with van der Waals surface area (Å²) in [5.74, 6) is 0.526. The average Bonchev–Trinajstić information content (AvgIpc) is 3.05. The van der Waals surface area contributed by atoms with Crippen LogP contribution in [-0.2, 0) is 11.2 Å². The average molecular weight is 382 g/mol. The van der Waals surface area contributed by atoms with E-state index >= 15 is 0 Å². The minimum absolute atomic E-state index is 0.139. The molecule has 1 aromatic heterocycles. The molecule has 2 aromatic rings. The second kappa shape index (κ2) is 8.79. The Morgan fingerprint density at radius 1 is 1.33 bits per heavy atom. The van der Waals surface area contributed by atoms with Crippen LogP contribution < -0.4 is 10.1 Å². The number of thiophene rings is 1. The maximum Gasteiger partial charge on any atom is 0.251 e. The fourth-order valence-electron chi connectivity index (χ4n) is 2.91. The van der Waals surface area contributed by atoms with Crippen LogP contribution in [0.3, 0.4) is 0 Å². The summed E-state index contributed by atoms with van der Waals surface area (Å²) in [4.78, 5) is 13.2. The number of amides is 1. The molecule has 1 amide bonds. The summed E-state index contributed by atoms with van der Waals surface area (Å²) >= 11 is 1.55. The number of carbonyl (C=O) groups is 1. The van der Waals surface area contributed by atoms with Crippen molar-refractivity contribution < 1.29 is 14.3 Å². The molecule has 27 heavy (non-hydrogen) atoms. The van der Waals surface area contributed by atoms with Gasteiger partial charge in [-0.15, -0.1) is 0 Å². The third-order valence-electron chi connectivity index (χ3n) is 4.33. The number of rotatable bonds is 8. The van der Waals surface area contributed by atoms with E-state index in [2.05, 4.69) is 11.9 Å². The summed E-state index contributed by atoms with van der Waals surface area (Å²) in [5.41, 5.74) is 3.82. The first-order valence-corrected chi connectivity index (χ1v) is 9.52. The van der Waals surface area contributed by atoms with E-state index in [0.29, 0.717) is 24.5 Å². The maximum atomic E-state index is 12.0. The van der Waals surface area contributed by atoms with Crippen LogP contribution in [0.25, 0.3) is 12.2 Å². The van der Waals surface area contributed by atoms with Crippen molar-refractivity contribution in [1.29, 1.82) is 5.41 Å². The normalized spacial score (nSPS) is 12.7. The van der Waals surface area contributed by atoms with E-state index in [1.54, 1.807) is 42.7 Å². The second-order valence-electron chi connectivity index (χ2n) is 6.09. The molecule has 1 aliphatic carbocycles. The van der Waals surface area contributed by atoms with Gasteiger partial charge in [0.05, 0.1) is 6.61 Å². The zero-order chi connectivity index (χ0) is 19.2. The molecule has 0 radical (unpaired) electrons. The first-order chi connectivity index (χ1) is 13.2. The fraction of sp³-hybridized carbons (Fsp3) is 0.238. The van der Waals surface area contributed by atoms with Gasteiger partial charge in [-0.25, -0.2) is 0 Å². The number of benzene rings is 1. The van der Waals surface area contributed by atoms with Gasteiger partial charge in [0, 0.05) is 35.9 Å². The monoisotopic (exact) mass is 382 g/mol. The summed E-state index contributed by atoms with van der Waals surface area (Å²) in [7, 11) is 1.60. The molecule has 1 heterocycles. The zero-order valence-electron chi connectivity index (χ0n) is 15.2. The van der Waals surface area contributed by atoms with Crippen LogP contribution >= 0.6 is 11.3 Å². The molecular formula is C21H22N2O3S. The van der Waals surface area contributed by atoms with Crippen molar-refractivity contribution in [3.05, 3.63) is 58.0 Å². The Morgan fingerprint density at radius 2 is 2.11 bits per heavy atom. The first-order valence-electron chi connectivity index (χ1n) is 8.70. The highest BCUT2D eigenvalue weighted by molar-refractivity contribution is 7.15. The molecule has 6 heteroatoms. The van der Waals surface area contributed by atoms with Crippen molar-refractivity contribution >= 4 is 35.6 Å². The number of hydrogen-bond donors (Lipinski definition) is 2. The fourth-order valence-corrected chi connectivity index (χ4v) is 3.96. The van der Waals surface area contributed by atoms with E-state index in [9.17, 15) is 4.79 Å². The molecule has 140 valence electrons. The third-order valence-corrected chi connectivity index (χ3v) is 5.45. The smallest absolute Gasteiger partial charge is 0.251 e. The molecule has 0 atom stereocenters. The number of hydrogen-bond acceptors (Lipinski definition) is 5. The molecule has 2 N–H and O–H groups in total. The van der Waals surface area contributed by atoms with Gasteiger partial charge in [0.15, 0.2) is 5.06 Å². The van der Waals surface area contributed by atoms with Gasteiger partial charge in [0.1, 0.15) is 5.75 Å². The number of allylic oxidation sites excluding steroid dienone is 1. The maximum absolute atomic E-state index is 12.0. The molecule has 0 bridgehead atoms. The molecule has 3 rings (SSSR count). The molecule has 1 aromatic carbocycles. The summed E-state index contributed by atoms with van der Waals surface area (Å²) in [5, 5.41) is 11.1. The van der Waals surface area contributed by atoms with Crippen molar-refractivity contribution in [3.63, 3.8) is 0 Å². The van der Waals surface area contributed by atoms with Gasteiger partial charge in [-0.3, -0.25) is 4.79 Å². The molecule has 0 saturated heterocycles. The SMILES string of the molecule is C=Cc1sc(Oc2ccc(C(=O)NCCOC)cc2)c2c1CCC(C=N)=C2. The Labute approximate surface area is 162 Å². The summed E-state index contributed by atoms with van der Waals surface area (Å²) in [6.45, 7) is 4.85. The van der Waals surface area contributed by atoms with Crippen LogP contribution in [0.15, 0.2) is 36.4 Å². The van der Waals surface area contributed by atoms with Crippen molar-refractivity contribution in [1.82, 2.24) is 5.32 Å². The van der Waals surface area contributed by atoms with E-state index in [1.165, 1.54) is 11.8 Å². The highest BCUT2D eigenvalue weighted by Crippen LogP contribution is 2.43. The Bertz CT molecular complexity index is 882. The second-order valence-corrected chi connectivity index (χ2v) is 7.10. The largest absolute Gasteiger partial charge is 0.446 e. The molecule has 0 aliphatic heterocycles. The van der Waals surface area contributed by atoms with Crippen LogP contribution in [0.5, 0.6) is 10.8 Å². The van der Waals surface area contributed by atoms with Gasteiger partial charge in [0.2, 0.25) is 0 Å². The molecule has 0 fully saturated rings. The summed E-state index contributed by atoms with van der Waals surface area (Å²) < 4.78 is 11.0. The van der Waals surface area contributed by atoms with E-state index in [4.69, 9.17) is 14.9 Å². The van der Waals surface area contributed by atoms with Crippen molar-refractivity contribution in [2.75, 3.05) is 20.3 Å². The highest BCUT2D eigenvalue weighted by atomic mass is 32.1. The van der Waals surface area contributed by atoms with Gasteiger partial charge < -0.3 is 20.2 Å². The van der Waals surface area contributed by atoms with Crippen LogP contribution in [0, 0.1) is 5.41 Å². The predicted octanol–water partition coefficient (Wildman–Crippen LogP) is 4.54. The van der Waals surface area contributed by atoms with Gasteiger partial charge >= 0.3 is 0 Å². The lowest BCUT2D eigenvalue weighted by molar-refractivity contribution is 0.0937. The molecule has 0 unspecified atom stereocenters. The number of nitrogens with one attached hydrogen (secondary N) is 2. The van der Waals surface area contributed by atoms with Crippen LogP contribution in [0.2, 0.25) is 0 Å². The van der Waals surface area contributed by atoms with Crippen LogP contribution in [-0.4, -0.2) is 32.4 Å². The lowest BCUT2D eigenvalue weighted by atomic mass is 9.94. The molecule has 1 aliphatic rings.